The highest BCUT2D eigenvalue weighted by Crippen LogP contribution is 2.23. The summed E-state index contributed by atoms with van der Waals surface area (Å²) in [5, 5.41) is 0. The number of anilines is 1. The van der Waals surface area contributed by atoms with E-state index in [9.17, 15) is 9.59 Å². The number of allylic oxidation sites excluding steroid dienone is 1. The Morgan fingerprint density at radius 3 is 2.48 bits per heavy atom. The summed E-state index contributed by atoms with van der Waals surface area (Å²) in [6.07, 6.45) is 5.84. The normalized spacial score (nSPS) is 15.8. The van der Waals surface area contributed by atoms with Crippen molar-refractivity contribution in [3.8, 4) is 0 Å². The van der Waals surface area contributed by atoms with Crippen molar-refractivity contribution < 1.29 is 0 Å². The second-order valence-electron chi connectivity index (χ2n) is 10.1. The molecule has 0 saturated carbocycles. The van der Waals surface area contributed by atoms with Gasteiger partial charge in [0, 0.05) is 68.2 Å². The van der Waals surface area contributed by atoms with Crippen LogP contribution in [0.3, 0.4) is 0 Å². The van der Waals surface area contributed by atoms with Crippen LogP contribution in [0.5, 0.6) is 0 Å². The van der Waals surface area contributed by atoms with Gasteiger partial charge < -0.3 is 4.90 Å². The third kappa shape index (κ3) is 6.63. The van der Waals surface area contributed by atoms with E-state index < -0.39 is 0 Å². The topological polar surface area (TPSA) is 87.1 Å². The molecule has 8 nitrogen and oxygen atoms in total. The van der Waals surface area contributed by atoms with Gasteiger partial charge in [0.1, 0.15) is 11.6 Å². The zero-order valence-electron chi connectivity index (χ0n) is 20.9. The quantitative estimate of drug-likeness (QED) is 0.647. The number of aromatic amines is 1. The van der Waals surface area contributed by atoms with Crippen LogP contribution in [0.1, 0.15) is 58.1 Å². The second-order valence-corrected chi connectivity index (χ2v) is 10.1. The van der Waals surface area contributed by atoms with E-state index in [1.165, 1.54) is 0 Å². The monoisotopic (exact) mass is 454 g/mol. The molecule has 0 aliphatic carbocycles. The predicted octanol–water partition coefficient (Wildman–Crippen LogP) is 2.65. The van der Waals surface area contributed by atoms with Crippen LogP contribution < -0.4 is 16.1 Å². The lowest BCUT2D eigenvalue weighted by molar-refractivity contribution is 0.282. The summed E-state index contributed by atoms with van der Waals surface area (Å²) in [4.78, 5) is 40.4. The van der Waals surface area contributed by atoms with E-state index in [2.05, 4.69) is 54.6 Å². The van der Waals surface area contributed by atoms with Crippen molar-refractivity contribution in [3.05, 3.63) is 61.8 Å². The number of hydrogen-bond donors (Lipinski definition) is 1. The lowest BCUT2D eigenvalue weighted by atomic mass is 9.95. The molecule has 0 aromatic carbocycles. The van der Waals surface area contributed by atoms with Gasteiger partial charge >= 0.3 is 5.69 Å². The van der Waals surface area contributed by atoms with Crippen molar-refractivity contribution in [3.63, 3.8) is 0 Å². The zero-order valence-corrected chi connectivity index (χ0v) is 20.9. The van der Waals surface area contributed by atoms with Gasteiger partial charge in [-0.05, 0) is 20.3 Å². The van der Waals surface area contributed by atoms with Gasteiger partial charge in [-0.1, -0.05) is 45.8 Å². The van der Waals surface area contributed by atoms with Crippen LogP contribution in [0, 0.1) is 6.92 Å². The number of nitrogens with one attached hydrogen (secondary N) is 1. The molecule has 0 amide bonds. The van der Waals surface area contributed by atoms with Gasteiger partial charge in [0.25, 0.3) is 5.56 Å². The Kier molecular flexibility index (Phi) is 7.89. The van der Waals surface area contributed by atoms with E-state index in [1.807, 2.05) is 6.92 Å². The molecule has 1 saturated heterocycles. The van der Waals surface area contributed by atoms with Crippen LogP contribution in [0.2, 0.25) is 0 Å². The third-order valence-electron chi connectivity index (χ3n) is 5.95. The number of H-pyrrole nitrogens is 1. The molecule has 2 aromatic heterocycles. The van der Waals surface area contributed by atoms with Crippen molar-refractivity contribution in [1.82, 2.24) is 24.4 Å². The first-order chi connectivity index (χ1) is 15.6. The fourth-order valence-electron chi connectivity index (χ4n) is 3.88. The molecule has 0 spiro atoms. The highest BCUT2D eigenvalue weighted by molar-refractivity contribution is 5.41. The van der Waals surface area contributed by atoms with Crippen LogP contribution in [-0.4, -0.2) is 57.1 Å². The maximum atomic E-state index is 12.0. The predicted molar refractivity (Wildman–Crippen MR) is 133 cm³/mol. The first-order valence-electron chi connectivity index (χ1n) is 11.9. The van der Waals surface area contributed by atoms with Crippen molar-refractivity contribution in [2.75, 3.05) is 37.6 Å². The van der Waals surface area contributed by atoms with E-state index in [-0.39, 0.29) is 16.7 Å². The Bertz CT molecular complexity index is 1100. The molecule has 3 heterocycles. The highest BCUT2D eigenvalue weighted by Gasteiger charge is 2.23. The van der Waals surface area contributed by atoms with Crippen LogP contribution in [0.15, 0.2) is 33.5 Å². The highest BCUT2D eigenvalue weighted by atomic mass is 16.2. The van der Waals surface area contributed by atoms with Gasteiger partial charge in [-0.3, -0.25) is 19.2 Å². The van der Waals surface area contributed by atoms with Crippen molar-refractivity contribution >= 4 is 5.82 Å². The fourth-order valence-corrected chi connectivity index (χ4v) is 3.88. The second kappa shape index (κ2) is 10.5. The Hall–Kier alpha value is -2.74. The minimum Gasteiger partial charge on any atom is -0.354 e. The lowest BCUT2D eigenvalue weighted by Gasteiger charge is -2.35. The molecule has 0 radical (unpaired) electrons. The number of piperazine rings is 1. The summed E-state index contributed by atoms with van der Waals surface area (Å²) in [5.41, 5.74) is 2.00. The van der Waals surface area contributed by atoms with Crippen LogP contribution in [0.4, 0.5) is 5.82 Å². The summed E-state index contributed by atoms with van der Waals surface area (Å²) in [7, 11) is 0. The van der Waals surface area contributed by atoms with Crippen molar-refractivity contribution in [1.29, 1.82) is 0 Å². The summed E-state index contributed by atoms with van der Waals surface area (Å²) in [5.74, 6) is 1.95. The summed E-state index contributed by atoms with van der Waals surface area (Å²) in [6.45, 7) is 17.5. The molecular weight excluding hydrogens is 416 g/mol. The van der Waals surface area contributed by atoms with Crippen LogP contribution >= 0.6 is 0 Å². The van der Waals surface area contributed by atoms with Gasteiger partial charge in [-0.25, -0.2) is 14.8 Å². The number of aromatic nitrogens is 4. The Balaban J connectivity index is 1.61. The molecule has 2 aromatic rings. The lowest BCUT2D eigenvalue weighted by Crippen LogP contribution is -2.47. The van der Waals surface area contributed by atoms with Gasteiger partial charge in [-0.2, -0.15) is 0 Å². The van der Waals surface area contributed by atoms with Gasteiger partial charge in [0.15, 0.2) is 0 Å². The molecule has 1 aliphatic rings. The van der Waals surface area contributed by atoms with Crippen molar-refractivity contribution in [2.45, 2.75) is 66.3 Å². The molecule has 3 rings (SSSR count). The molecule has 0 atom stereocenters. The van der Waals surface area contributed by atoms with Crippen LogP contribution in [-0.2, 0) is 18.4 Å². The first kappa shape index (κ1) is 24.9. The largest absolute Gasteiger partial charge is 0.354 e. The van der Waals surface area contributed by atoms with E-state index in [1.54, 1.807) is 17.7 Å². The number of rotatable bonds is 7. The molecular formula is C25H38N6O2. The molecule has 1 aliphatic heterocycles. The zero-order chi connectivity index (χ0) is 24.2. The Morgan fingerprint density at radius 1 is 1.15 bits per heavy atom. The Labute approximate surface area is 196 Å². The molecule has 180 valence electrons. The summed E-state index contributed by atoms with van der Waals surface area (Å²) >= 11 is 0. The minimum absolute atomic E-state index is 0.0745. The van der Waals surface area contributed by atoms with E-state index in [4.69, 9.17) is 9.97 Å². The number of hydrogen-bond acceptors (Lipinski definition) is 6. The van der Waals surface area contributed by atoms with E-state index in [0.29, 0.717) is 12.1 Å². The molecule has 1 fully saturated rings. The maximum Gasteiger partial charge on any atom is 0.328 e. The SMILES string of the molecule is CCCc1cc(N2CCN(CC=C(C)Cn3cc(C)c(=O)[nH]c3=O)CC2)nc(C(C)(C)C)n1. The third-order valence-corrected chi connectivity index (χ3v) is 5.95. The van der Waals surface area contributed by atoms with Gasteiger partial charge in [0.05, 0.1) is 0 Å². The average molecular weight is 455 g/mol. The van der Waals surface area contributed by atoms with E-state index >= 15 is 0 Å². The molecule has 1 N–H and O–H groups in total. The van der Waals surface area contributed by atoms with Gasteiger partial charge in [0.2, 0.25) is 0 Å². The maximum absolute atomic E-state index is 12.0. The molecule has 33 heavy (non-hydrogen) atoms. The molecule has 8 heteroatoms. The summed E-state index contributed by atoms with van der Waals surface area (Å²) < 4.78 is 1.55. The average Bonchev–Trinajstić information content (AvgIpc) is 2.76. The number of aryl methyl sites for hydroxylation is 2. The standard InChI is InChI=1S/C25H38N6O2/c1-7-8-20-15-21(27-23(26-20)25(4,5)6)30-13-11-29(12-14-30)10-9-18(2)16-31-17-19(3)22(32)28-24(31)33/h9,15,17H,7-8,10-14,16H2,1-6H3,(H,28,32,33). The Morgan fingerprint density at radius 2 is 1.85 bits per heavy atom. The number of nitrogens with zero attached hydrogens (tertiary/aromatic N) is 5. The molecule has 0 unspecified atom stereocenters. The minimum atomic E-state index is -0.367. The fraction of sp³-hybridized carbons (Fsp3) is 0.600. The first-order valence-corrected chi connectivity index (χ1v) is 11.9. The summed E-state index contributed by atoms with van der Waals surface area (Å²) in [6, 6.07) is 2.16. The van der Waals surface area contributed by atoms with Gasteiger partial charge in [-0.15, -0.1) is 0 Å². The van der Waals surface area contributed by atoms with Crippen molar-refractivity contribution in [2.24, 2.45) is 0 Å². The smallest absolute Gasteiger partial charge is 0.328 e. The molecule has 0 bridgehead atoms. The van der Waals surface area contributed by atoms with Crippen LogP contribution in [0.25, 0.3) is 0 Å². The van der Waals surface area contributed by atoms with E-state index in [0.717, 1.165) is 68.5 Å².